The maximum Gasteiger partial charge on any atom is 0.321 e. The average Bonchev–Trinajstić information content (AvgIpc) is 3.20. The van der Waals surface area contributed by atoms with Crippen LogP contribution in [0, 0.1) is 0 Å². The summed E-state index contributed by atoms with van der Waals surface area (Å²) in [4.78, 5) is 18.2. The molecule has 0 radical (unpaired) electrons. The van der Waals surface area contributed by atoms with Gasteiger partial charge in [0.15, 0.2) is 0 Å². The van der Waals surface area contributed by atoms with E-state index >= 15 is 0 Å². The van der Waals surface area contributed by atoms with Crippen LogP contribution in [0.4, 0.5) is 16.3 Å². The number of hydrogen-bond acceptors (Lipinski definition) is 3. The first kappa shape index (κ1) is 15.3. The largest absolute Gasteiger partial charge is 0.369 e. The van der Waals surface area contributed by atoms with Crippen molar-refractivity contribution in [2.24, 2.45) is 0 Å². The van der Waals surface area contributed by atoms with Gasteiger partial charge in [-0.3, -0.25) is 4.90 Å². The van der Waals surface area contributed by atoms with Gasteiger partial charge < -0.3 is 10.6 Å². The van der Waals surface area contributed by atoms with Crippen LogP contribution in [0.3, 0.4) is 0 Å². The summed E-state index contributed by atoms with van der Waals surface area (Å²) in [5, 5.41) is 6.97. The third kappa shape index (κ3) is 2.15. The summed E-state index contributed by atoms with van der Waals surface area (Å²) in [5.74, 6) is 0.855. The van der Waals surface area contributed by atoms with Gasteiger partial charge in [0.1, 0.15) is 5.82 Å². The molecule has 2 amide bonds. The molecule has 124 valence electrons. The number of carbonyl (C=O) groups excluding carboxylic acids is 1. The Balaban J connectivity index is 1.83. The zero-order chi connectivity index (χ0) is 16.7. The molecule has 0 spiro atoms. The van der Waals surface area contributed by atoms with E-state index in [0.717, 1.165) is 40.6 Å². The van der Waals surface area contributed by atoms with E-state index < -0.39 is 0 Å². The van der Waals surface area contributed by atoms with Crippen molar-refractivity contribution in [3.63, 3.8) is 0 Å². The topological polar surface area (TPSA) is 57.3 Å². The number of pyridine rings is 1. The van der Waals surface area contributed by atoms with Crippen LogP contribution in [0.1, 0.15) is 24.5 Å². The first-order chi connectivity index (χ1) is 11.7. The van der Waals surface area contributed by atoms with Crippen molar-refractivity contribution in [1.82, 2.24) is 10.3 Å². The van der Waals surface area contributed by atoms with Crippen molar-refractivity contribution in [3.05, 3.63) is 52.7 Å². The summed E-state index contributed by atoms with van der Waals surface area (Å²) in [6.45, 7) is 4.29. The lowest BCUT2D eigenvalue weighted by atomic mass is 9.74. The van der Waals surface area contributed by atoms with E-state index in [0.29, 0.717) is 13.1 Å². The van der Waals surface area contributed by atoms with E-state index in [9.17, 15) is 4.79 Å². The normalized spacial score (nSPS) is 22.2. The molecule has 24 heavy (non-hydrogen) atoms. The number of hydrogen-bond donors (Lipinski definition) is 2. The molecule has 6 heteroatoms. The number of anilines is 2. The second-order valence-corrected chi connectivity index (χ2v) is 6.65. The zero-order valence-electron chi connectivity index (χ0n) is 13.5. The number of nitrogens with zero attached hydrogens (tertiary/aromatic N) is 2. The van der Waals surface area contributed by atoms with Gasteiger partial charge in [0.2, 0.25) is 0 Å². The van der Waals surface area contributed by atoms with Crippen LogP contribution >= 0.6 is 11.6 Å². The van der Waals surface area contributed by atoms with Gasteiger partial charge in [-0.15, -0.1) is 0 Å². The molecule has 1 saturated heterocycles. The number of benzene rings is 1. The van der Waals surface area contributed by atoms with Crippen LogP contribution in [-0.4, -0.2) is 30.6 Å². The lowest BCUT2D eigenvalue weighted by Gasteiger charge is -2.30. The van der Waals surface area contributed by atoms with Crippen LogP contribution in [0.2, 0.25) is 5.02 Å². The fourth-order valence-corrected chi connectivity index (χ4v) is 4.12. The molecule has 3 heterocycles. The molecule has 0 bridgehead atoms. The Bertz CT molecular complexity index is 809. The van der Waals surface area contributed by atoms with Crippen LogP contribution in [0.25, 0.3) is 0 Å². The first-order valence-corrected chi connectivity index (χ1v) is 8.58. The molecule has 2 N–H and O–H groups in total. The third-order valence-corrected chi connectivity index (χ3v) is 5.42. The van der Waals surface area contributed by atoms with Crippen molar-refractivity contribution in [2.75, 3.05) is 29.9 Å². The van der Waals surface area contributed by atoms with Crippen molar-refractivity contribution in [1.29, 1.82) is 0 Å². The van der Waals surface area contributed by atoms with Gasteiger partial charge in [0.25, 0.3) is 0 Å². The maximum atomic E-state index is 12.0. The van der Waals surface area contributed by atoms with Gasteiger partial charge in [0, 0.05) is 47.5 Å². The number of carbonyl (C=O) groups is 1. The summed E-state index contributed by atoms with van der Waals surface area (Å²) in [6, 6.07) is 10.0. The molecule has 0 aliphatic carbocycles. The summed E-state index contributed by atoms with van der Waals surface area (Å²) in [7, 11) is 0. The molecule has 1 aromatic heterocycles. The van der Waals surface area contributed by atoms with Crippen molar-refractivity contribution < 1.29 is 4.79 Å². The quantitative estimate of drug-likeness (QED) is 0.899. The van der Waals surface area contributed by atoms with E-state index in [-0.39, 0.29) is 11.4 Å². The highest BCUT2D eigenvalue weighted by molar-refractivity contribution is 6.32. The smallest absolute Gasteiger partial charge is 0.321 e. The number of urea groups is 1. The second-order valence-electron chi connectivity index (χ2n) is 6.24. The van der Waals surface area contributed by atoms with Gasteiger partial charge in [-0.1, -0.05) is 30.7 Å². The fraction of sp³-hybridized carbons (Fsp3) is 0.333. The molecule has 1 unspecified atom stereocenters. The van der Waals surface area contributed by atoms with Crippen molar-refractivity contribution in [3.8, 4) is 0 Å². The minimum atomic E-state index is -0.229. The lowest BCUT2D eigenvalue weighted by Crippen LogP contribution is -2.31. The molecular formula is C18H19ClN4O. The molecule has 0 saturated carbocycles. The molecule has 1 fully saturated rings. The van der Waals surface area contributed by atoms with Gasteiger partial charge in [-0.05, 0) is 30.2 Å². The highest BCUT2D eigenvalue weighted by Crippen LogP contribution is 2.47. The van der Waals surface area contributed by atoms with Crippen LogP contribution in [0.5, 0.6) is 0 Å². The Labute approximate surface area is 146 Å². The SMILES string of the molecule is CCC1(c2cccc(N3CCNC3=O)c2)CNc2nccc(Cl)c21. The molecule has 2 aliphatic heterocycles. The van der Waals surface area contributed by atoms with Crippen molar-refractivity contribution >= 4 is 29.1 Å². The minimum Gasteiger partial charge on any atom is -0.369 e. The van der Waals surface area contributed by atoms with Gasteiger partial charge in [-0.2, -0.15) is 0 Å². The number of nitrogens with one attached hydrogen (secondary N) is 2. The zero-order valence-corrected chi connectivity index (χ0v) is 14.2. The van der Waals surface area contributed by atoms with Crippen LogP contribution < -0.4 is 15.5 Å². The van der Waals surface area contributed by atoms with E-state index in [4.69, 9.17) is 11.6 Å². The lowest BCUT2D eigenvalue weighted by molar-refractivity contribution is 0.252. The summed E-state index contributed by atoms with van der Waals surface area (Å²) in [6.07, 6.45) is 2.62. The Morgan fingerprint density at radius 3 is 2.96 bits per heavy atom. The predicted octanol–water partition coefficient (Wildman–Crippen LogP) is 3.39. The van der Waals surface area contributed by atoms with E-state index in [1.807, 2.05) is 18.2 Å². The monoisotopic (exact) mass is 342 g/mol. The molecular weight excluding hydrogens is 324 g/mol. The highest BCUT2D eigenvalue weighted by atomic mass is 35.5. The Kier molecular flexibility index (Phi) is 3.61. The Morgan fingerprint density at radius 1 is 1.33 bits per heavy atom. The molecule has 5 nitrogen and oxygen atoms in total. The number of halogens is 1. The standard InChI is InChI=1S/C18H19ClN4O/c1-2-18(11-22-16-15(18)14(19)6-7-20-16)12-4-3-5-13(10-12)23-9-8-21-17(23)24/h3-7,10H,2,8-9,11H2,1H3,(H,20,22)(H,21,24). The predicted molar refractivity (Wildman–Crippen MR) is 96.0 cm³/mol. The van der Waals surface area contributed by atoms with Gasteiger partial charge in [-0.25, -0.2) is 9.78 Å². The molecule has 2 aromatic rings. The number of amides is 2. The molecule has 1 atom stereocenters. The number of rotatable bonds is 3. The fourth-order valence-electron chi connectivity index (χ4n) is 3.79. The van der Waals surface area contributed by atoms with E-state index in [2.05, 4.69) is 34.7 Å². The Morgan fingerprint density at radius 2 is 2.21 bits per heavy atom. The van der Waals surface area contributed by atoms with Gasteiger partial charge in [0.05, 0.1) is 0 Å². The maximum absolute atomic E-state index is 12.0. The molecule has 4 rings (SSSR count). The van der Waals surface area contributed by atoms with E-state index in [1.165, 1.54) is 0 Å². The first-order valence-electron chi connectivity index (χ1n) is 8.20. The summed E-state index contributed by atoms with van der Waals surface area (Å²) >= 11 is 6.52. The van der Waals surface area contributed by atoms with Crippen LogP contribution in [-0.2, 0) is 5.41 Å². The average molecular weight is 343 g/mol. The Hall–Kier alpha value is -2.27. The minimum absolute atomic E-state index is 0.0395. The number of aromatic nitrogens is 1. The summed E-state index contributed by atoms with van der Waals surface area (Å²) < 4.78 is 0. The highest BCUT2D eigenvalue weighted by Gasteiger charge is 2.42. The van der Waals surface area contributed by atoms with Crippen LogP contribution in [0.15, 0.2) is 36.5 Å². The molecule has 1 aromatic carbocycles. The second kappa shape index (κ2) is 5.67. The van der Waals surface area contributed by atoms with Gasteiger partial charge >= 0.3 is 6.03 Å². The third-order valence-electron chi connectivity index (χ3n) is 5.11. The van der Waals surface area contributed by atoms with Crippen molar-refractivity contribution in [2.45, 2.75) is 18.8 Å². The molecule has 2 aliphatic rings. The summed E-state index contributed by atoms with van der Waals surface area (Å²) in [5.41, 5.74) is 2.90. The van der Waals surface area contributed by atoms with E-state index in [1.54, 1.807) is 11.1 Å². The number of fused-ring (bicyclic) bond motifs is 1.